The monoisotopic (exact) mass is 564 g/mol. The lowest BCUT2D eigenvalue weighted by atomic mass is 9.87. The van der Waals surface area contributed by atoms with E-state index in [1.165, 1.54) is 0 Å². The van der Waals surface area contributed by atoms with Crippen molar-refractivity contribution in [1.29, 1.82) is 0 Å². The molecule has 0 saturated carbocycles. The summed E-state index contributed by atoms with van der Waals surface area (Å²) in [5, 5.41) is 6.34. The molecule has 4 rings (SSSR count). The molecule has 0 heterocycles. The summed E-state index contributed by atoms with van der Waals surface area (Å²) in [6.07, 6.45) is 12.4. The van der Waals surface area contributed by atoms with Gasteiger partial charge in [0.25, 0.3) is 0 Å². The van der Waals surface area contributed by atoms with Crippen LogP contribution in [-0.4, -0.2) is 11.0 Å². The maximum absolute atomic E-state index is 6.88. The van der Waals surface area contributed by atoms with Crippen molar-refractivity contribution in [3.05, 3.63) is 132 Å². The van der Waals surface area contributed by atoms with Crippen molar-refractivity contribution in [2.45, 2.75) is 18.6 Å². The van der Waals surface area contributed by atoms with E-state index in [2.05, 4.69) is 68.1 Å². The van der Waals surface area contributed by atoms with E-state index in [0.717, 1.165) is 50.2 Å². The lowest BCUT2D eigenvalue weighted by Crippen LogP contribution is -2.05. The maximum atomic E-state index is 6.88. The summed E-state index contributed by atoms with van der Waals surface area (Å²) in [4.78, 5) is 0. The van der Waals surface area contributed by atoms with Gasteiger partial charge in [0.15, 0.2) is 0 Å². The van der Waals surface area contributed by atoms with Gasteiger partial charge in [-0.15, -0.1) is 11.8 Å². The minimum atomic E-state index is 0.312. The molecule has 204 valence electrons. The molecule has 0 aromatic heterocycles. The molecule has 4 aromatic rings. The number of allylic oxidation sites excluding steroid dienone is 4. The van der Waals surface area contributed by atoms with Crippen LogP contribution in [0.4, 0.5) is 0 Å². The fraction of sp³-hybridized carbons (Fsp3) is 0.118. The van der Waals surface area contributed by atoms with Crippen molar-refractivity contribution in [2.75, 3.05) is 5.75 Å². The van der Waals surface area contributed by atoms with Gasteiger partial charge in [-0.3, -0.25) is 0 Å². The van der Waals surface area contributed by atoms with Crippen molar-refractivity contribution >= 4 is 57.3 Å². The van der Waals surface area contributed by atoms with Gasteiger partial charge in [0, 0.05) is 45.4 Å². The van der Waals surface area contributed by atoms with Gasteiger partial charge in [0.2, 0.25) is 0 Å². The Bertz CT molecular complexity index is 1630. The summed E-state index contributed by atoms with van der Waals surface area (Å²) < 4.78 is 0. The number of hydrogen-bond donors (Lipinski definition) is 5. The molecule has 4 nitrogen and oxygen atoms in total. The smallest absolute Gasteiger partial charge is 0.0400 e. The van der Waals surface area contributed by atoms with Gasteiger partial charge in [-0.05, 0) is 68.8 Å². The first-order valence-corrected chi connectivity index (χ1v) is 14.8. The van der Waals surface area contributed by atoms with Crippen LogP contribution in [0.2, 0.25) is 0 Å². The van der Waals surface area contributed by atoms with Crippen LogP contribution >= 0.6 is 24.4 Å². The molecule has 8 N–H and O–H groups in total. The fourth-order valence-electron chi connectivity index (χ4n) is 4.73. The zero-order valence-electron chi connectivity index (χ0n) is 22.6. The highest BCUT2D eigenvalue weighted by Crippen LogP contribution is 2.39. The van der Waals surface area contributed by atoms with Crippen LogP contribution in [0.1, 0.15) is 24.5 Å². The van der Waals surface area contributed by atoms with Crippen LogP contribution in [0.3, 0.4) is 0 Å². The Labute approximate surface area is 246 Å². The molecular weight excluding hydrogens is 529 g/mol. The van der Waals surface area contributed by atoms with E-state index in [-0.39, 0.29) is 0 Å². The van der Waals surface area contributed by atoms with Gasteiger partial charge in [-0.2, -0.15) is 12.6 Å². The molecule has 0 aliphatic rings. The molecule has 0 radical (unpaired) electrons. The second-order valence-corrected chi connectivity index (χ2v) is 10.8. The van der Waals surface area contributed by atoms with Crippen molar-refractivity contribution in [3.63, 3.8) is 0 Å². The summed E-state index contributed by atoms with van der Waals surface area (Å²) in [5.41, 5.74) is 31.3. The first-order valence-electron chi connectivity index (χ1n) is 13.2. The zero-order chi connectivity index (χ0) is 28.5. The highest BCUT2D eigenvalue weighted by Gasteiger charge is 2.17. The minimum Gasteiger partial charge on any atom is -0.404 e. The zero-order valence-corrected chi connectivity index (χ0v) is 24.3. The lowest BCUT2D eigenvalue weighted by molar-refractivity contribution is 0.980. The van der Waals surface area contributed by atoms with E-state index >= 15 is 0 Å². The van der Waals surface area contributed by atoms with Gasteiger partial charge in [-0.1, -0.05) is 85.8 Å². The van der Waals surface area contributed by atoms with Gasteiger partial charge in [0.05, 0.1) is 0 Å². The molecule has 6 heteroatoms. The Balaban J connectivity index is 2.00. The summed E-state index contributed by atoms with van der Waals surface area (Å²) in [6, 6.07) is 25.1. The largest absolute Gasteiger partial charge is 0.404 e. The highest BCUT2D eigenvalue weighted by molar-refractivity contribution is 8.02. The molecule has 0 spiro atoms. The maximum Gasteiger partial charge on any atom is 0.0400 e. The van der Waals surface area contributed by atoms with Crippen molar-refractivity contribution in [1.82, 2.24) is 0 Å². The number of benzene rings is 4. The molecule has 0 aliphatic heterocycles. The topological polar surface area (TPSA) is 104 Å². The second-order valence-electron chi connectivity index (χ2n) is 9.36. The number of fused-ring (bicyclic) bond motifs is 2. The van der Waals surface area contributed by atoms with Crippen LogP contribution < -0.4 is 22.9 Å². The molecule has 1 atom stereocenters. The molecule has 0 amide bonds. The Morgan fingerprint density at radius 1 is 0.775 bits per heavy atom. The Morgan fingerprint density at radius 3 is 2.05 bits per heavy atom. The summed E-state index contributed by atoms with van der Waals surface area (Å²) in [7, 11) is 0. The number of nitrogens with two attached hydrogens (primary N) is 4. The highest BCUT2D eigenvalue weighted by atomic mass is 32.2. The number of hydrogen-bond acceptors (Lipinski definition) is 6. The number of rotatable bonds is 10. The third-order valence-corrected chi connectivity index (χ3v) is 8.22. The predicted octanol–water partition coefficient (Wildman–Crippen LogP) is 7.53. The van der Waals surface area contributed by atoms with Crippen molar-refractivity contribution in [2.24, 2.45) is 22.9 Å². The average molecular weight is 565 g/mol. The van der Waals surface area contributed by atoms with Crippen LogP contribution in [0, 0.1) is 0 Å². The SMILES string of the molecule is CCC(/C=C/C=C(\N)c1c2ccccc2c(/C(N)=C/C=C(\N)CS)c2ccc(-c3ccccc3)cc12)S/C=C\N. The van der Waals surface area contributed by atoms with E-state index in [1.807, 2.05) is 60.0 Å². The lowest BCUT2D eigenvalue weighted by Gasteiger charge is -2.18. The van der Waals surface area contributed by atoms with E-state index in [4.69, 9.17) is 22.9 Å². The van der Waals surface area contributed by atoms with E-state index in [0.29, 0.717) is 28.1 Å². The summed E-state index contributed by atoms with van der Waals surface area (Å²) in [5.74, 6) is 0.458. The van der Waals surface area contributed by atoms with Crippen molar-refractivity contribution in [3.8, 4) is 11.1 Å². The molecule has 0 saturated heterocycles. The fourth-order valence-corrected chi connectivity index (χ4v) is 5.51. The van der Waals surface area contributed by atoms with Crippen LogP contribution in [0.5, 0.6) is 0 Å². The second kappa shape index (κ2) is 13.9. The molecule has 0 fully saturated rings. The Hall–Kier alpha value is -4.00. The van der Waals surface area contributed by atoms with Gasteiger partial charge < -0.3 is 22.9 Å². The van der Waals surface area contributed by atoms with Gasteiger partial charge in [0.1, 0.15) is 0 Å². The molecule has 4 aromatic carbocycles. The first kappa shape index (κ1) is 29.0. The first-order chi connectivity index (χ1) is 19.5. The average Bonchev–Trinajstić information content (AvgIpc) is 3.00. The molecule has 0 bridgehead atoms. The number of thioether (sulfide) groups is 1. The van der Waals surface area contributed by atoms with Crippen LogP contribution in [-0.2, 0) is 0 Å². The third kappa shape index (κ3) is 6.58. The third-order valence-electron chi connectivity index (χ3n) is 6.70. The van der Waals surface area contributed by atoms with Crippen LogP contribution in [0.15, 0.2) is 120 Å². The Kier molecular flexibility index (Phi) is 10.1. The summed E-state index contributed by atoms with van der Waals surface area (Å²) in [6.45, 7) is 2.15. The molecule has 1 unspecified atom stereocenters. The summed E-state index contributed by atoms with van der Waals surface area (Å²) >= 11 is 5.96. The van der Waals surface area contributed by atoms with Crippen LogP contribution in [0.25, 0.3) is 44.1 Å². The van der Waals surface area contributed by atoms with E-state index in [9.17, 15) is 0 Å². The van der Waals surface area contributed by atoms with Crippen molar-refractivity contribution < 1.29 is 0 Å². The molecular formula is C34H36N4S2. The normalized spacial score (nSPS) is 14.1. The number of thiol groups is 1. The van der Waals surface area contributed by atoms with E-state index < -0.39 is 0 Å². The predicted molar refractivity (Wildman–Crippen MR) is 181 cm³/mol. The quantitative estimate of drug-likeness (QED) is 0.0778. The van der Waals surface area contributed by atoms with Gasteiger partial charge >= 0.3 is 0 Å². The standard InChI is InChI=1S/C34H36N4S2/c1-2-26(40-20-19-35)11-8-14-31(37)34-28-13-7-6-12-27(28)33(32(38)18-16-25(36)22-39)29-17-15-24(21-30(29)34)23-9-4-3-5-10-23/h3-21,26,39H,2,22,35-38H2,1H3/b11-8+,20-19-,25-16-,31-14-,32-18-. The molecule has 40 heavy (non-hydrogen) atoms. The van der Waals surface area contributed by atoms with E-state index in [1.54, 1.807) is 18.0 Å². The molecule has 0 aliphatic carbocycles. The Morgan fingerprint density at radius 2 is 1.40 bits per heavy atom. The van der Waals surface area contributed by atoms with Gasteiger partial charge in [-0.25, -0.2) is 0 Å². The minimum absolute atomic E-state index is 0.312.